The highest BCUT2D eigenvalue weighted by molar-refractivity contribution is 5.91. The van der Waals surface area contributed by atoms with E-state index in [9.17, 15) is 14.4 Å². The van der Waals surface area contributed by atoms with Gasteiger partial charge in [-0.3, -0.25) is 14.5 Å². The summed E-state index contributed by atoms with van der Waals surface area (Å²) >= 11 is 0. The Hall–Kier alpha value is -3.15. The van der Waals surface area contributed by atoms with Gasteiger partial charge in [0.15, 0.2) is 0 Å². The largest absolute Gasteiger partial charge is 0.444 e. The van der Waals surface area contributed by atoms with E-state index < -0.39 is 23.8 Å². The topological polar surface area (TPSA) is 116 Å². The van der Waals surface area contributed by atoms with Crippen LogP contribution < -0.4 is 5.32 Å². The molecule has 1 aliphatic heterocycles. The van der Waals surface area contributed by atoms with Crippen molar-refractivity contribution >= 4 is 17.9 Å². The van der Waals surface area contributed by atoms with E-state index in [0.29, 0.717) is 18.7 Å². The quantitative estimate of drug-likeness (QED) is 0.662. The Bertz CT molecular complexity index is 944. The molecule has 190 valence electrons. The molecule has 9 nitrogen and oxygen atoms in total. The second kappa shape index (κ2) is 11.5. The van der Waals surface area contributed by atoms with Crippen LogP contribution in [0.1, 0.15) is 83.9 Å². The first-order valence-corrected chi connectivity index (χ1v) is 12.5. The molecule has 0 unspecified atom stereocenters. The number of ether oxygens (including phenoxy) is 1. The van der Waals surface area contributed by atoms with Gasteiger partial charge in [0.1, 0.15) is 29.4 Å². The number of nitrogens with zero attached hydrogens (tertiary/aromatic N) is 4. The van der Waals surface area contributed by atoms with Gasteiger partial charge in [0.2, 0.25) is 11.8 Å². The number of pyridine rings is 1. The molecule has 2 aliphatic rings. The summed E-state index contributed by atoms with van der Waals surface area (Å²) in [5.41, 5.74) is 0.424. The van der Waals surface area contributed by atoms with Crippen LogP contribution in [0, 0.1) is 11.3 Å². The zero-order chi connectivity index (χ0) is 25.6. The van der Waals surface area contributed by atoms with E-state index in [1.165, 1.54) is 0 Å². The summed E-state index contributed by atoms with van der Waals surface area (Å²) in [6.45, 7) is 7.95. The minimum Gasteiger partial charge on any atom is -0.444 e. The van der Waals surface area contributed by atoms with Gasteiger partial charge in [-0.15, -0.1) is 0 Å². The molecule has 9 heteroatoms. The Labute approximate surface area is 207 Å². The van der Waals surface area contributed by atoms with Crippen molar-refractivity contribution in [1.29, 1.82) is 5.26 Å². The van der Waals surface area contributed by atoms with E-state index in [2.05, 4.69) is 10.3 Å². The number of carbonyl (C=O) groups excluding carboxylic acids is 3. The third kappa shape index (κ3) is 6.93. The zero-order valence-corrected chi connectivity index (χ0v) is 21.2. The van der Waals surface area contributed by atoms with Gasteiger partial charge >= 0.3 is 6.09 Å². The summed E-state index contributed by atoms with van der Waals surface area (Å²) in [5, 5.41) is 11.8. The van der Waals surface area contributed by atoms with E-state index in [0.717, 1.165) is 44.1 Å². The van der Waals surface area contributed by atoms with Crippen LogP contribution in [0.3, 0.4) is 0 Å². The number of likely N-dealkylation sites (tertiary alicyclic amines) is 1. The fourth-order valence-electron chi connectivity index (χ4n) is 4.86. The van der Waals surface area contributed by atoms with Gasteiger partial charge in [-0.1, -0.05) is 25.3 Å². The summed E-state index contributed by atoms with van der Waals surface area (Å²) in [6.07, 6.45) is 7.24. The summed E-state index contributed by atoms with van der Waals surface area (Å²) in [5.74, 6) is -0.451. The Kier molecular flexibility index (Phi) is 8.71. The molecule has 2 heterocycles. The van der Waals surface area contributed by atoms with E-state index in [4.69, 9.17) is 10.00 Å². The number of aromatic nitrogens is 1. The fourth-order valence-corrected chi connectivity index (χ4v) is 4.86. The minimum atomic E-state index is -0.718. The predicted molar refractivity (Wildman–Crippen MR) is 130 cm³/mol. The van der Waals surface area contributed by atoms with Gasteiger partial charge in [-0.2, -0.15) is 5.26 Å². The highest BCUT2D eigenvalue weighted by Gasteiger charge is 2.41. The van der Waals surface area contributed by atoms with Crippen LogP contribution in [-0.4, -0.2) is 63.0 Å². The lowest BCUT2D eigenvalue weighted by Gasteiger charge is -2.40. The van der Waals surface area contributed by atoms with Gasteiger partial charge in [0, 0.05) is 25.3 Å². The molecule has 1 saturated heterocycles. The lowest BCUT2D eigenvalue weighted by atomic mass is 9.93. The fraction of sp³-hybridized carbons (Fsp3) is 0.654. The standard InChI is InChI=1S/C26H37N5O4/c1-18(31(21-9-6-5-7-10-21)25(34)35-26(2,3)4)24(33)30-14-8-11-22(30)23(32)29-17-19-12-13-20(15-27)28-16-19/h12-13,16,18,21-22H,5-11,14,17H2,1-4H3,(H,29,32)/t18-,22+/m1/s1. The van der Waals surface area contributed by atoms with E-state index >= 15 is 0 Å². The van der Waals surface area contributed by atoms with Crippen LogP contribution in [0.2, 0.25) is 0 Å². The molecular weight excluding hydrogens is 446 g/mol. The molecule has 1 aliphatic carbocycles. The number of hydrogen-bond acceptors (Lipinski definition) is 6. The molecule has 2 atom stereocenters. The van der Waals surface area contributed by atoms with Gasteiger partial charge in [0.25, 0.3) is 0 Å². The molecule has 0 radical (unpaired) electrons. The summed E-state index contributed by atoms with van der Waals surface area (Å²) < 4.78 is 5.68. The Morgan fingerprint density at radius 2 is 1.91 bits per heavy atom. The number of hydrogen-bond donors (Lipinski definition) is 1. The number of carbonyl (C=O) groups is 3. The van der Waals surface area contributed by atoms with Crippen molar-refractivity contribution in [2.75, 3.05) is 6.54 Å². The number of nitrogens with one attached hydrogen (secondary N) is 1. The molecular formula is C26H37N5O4. The lowest BCUT2D eigenvalue weighted by molar-refractivity contribution is -0.143. The van der Waals surface area contributed by atoms with Crippen LogP contribution in [0.25, 0.3) is 0 Å². The van der Waals surface area contributed by atoms with Crippen LogP contribution in [-0.2, 0) is 20.9 Å². The summed E-state index contributed by atoms with van der Waals surface area (Å²) in [4.78, 5) is 47.0. The number of nitriles is 1. The first-order valence-electron chi connectivity index (χ1n) is 12.5. The van der Waals surface area contributed by atoms with Gasteiger partial charge in [-0.25, -0.2) is 9.78 Å². The molecule has 2 fully saturated rings. The van der Waals surface area contributed by atoms with Crippen molar-refractivity contribution in [3.8, 4) is 6.07 Å². The van der Waals surface area contributed by atoms with Gasteiger partial charge in [-0.05, 0) is 65.0 Å². The second-order valence-corrected chi connectivity index (χ2v) is 10.4. The normalized spacial score (nSPS) is 19.5. The molecule has 3 rings (SSSR count). The monoisotopic (exact) mass is 483 g/mol. The van der Waals surface area contributed by atoms with Crippen molar-refractivity contribution in [2.24, 2.45) is 0 Å². The van der Waals surface area contributed by atoms with Crippen molar-refractivity contribution in [3.05, 3.63) is 29.6 Å². The van der Waals surface area contributed by atoms with Crippen molar-refractivity contribution in [3.63, 3.8) is 0 Å². The molecule has 1 aromatic heterocycles. The van der Waals surface area contributed by atoms with Gasteiger partial charge < -0.3 is 15.0 Å². The Morgan fingerprint density at radius 1 is 1.20 bits per heavy atom. The van der Waals surface area contributed by atoms with E-state index in [1.54, 1.807) is 35.1 Å². The maximum absolute atomic E-state index is 13.6. The highest BCUT2D eigenvalue weighted by atomic mass is 16.6. The molecule has 1 aromatic rings. The first kappa shape index (κ1) is 26.5. The molecule has 3 amide bonds. The molecule has 1 N–H and O–H groups in total. The van der Waals surface area contributed by atoms with Crippen LogP contribution >= 0.6 is 0 Å². The Morgan fingerprint density at radius 3 is 2.51 bits per heavy atom. The average Bonchev–Trinajstić information content (AvgIpc) is 3.32. The molecule has 1 saturated carbocycles. The van der Waals surface area contributed by atoms with Gasteiger partial charge in [0.05, 0.1) is 0 Å². The molecule has 0 aromatic carbocycles. The summed E-state index contributed by atoms with van der Waals surface area (Å²) in [6, 6.07) is 3.97. The Balaban J connectivity index is 1.69. The smallest absolute Gasteiger partial charge is 0.411 e. The lowest BCUT2D eigenvalue weighted by Crippen LogP contribution is -2.57. The third-order valence-corrected chi connectivity index (χ3v) is 6.59. The summed E-state index contributed by atoms with van der Waals surface area (Å²) in [7, 11) is 0. The third-order valence-electron chi connectivity index (χ3n) is 6.59. The predicted octanol–water partition coefficient (Wildman–Crippen LogP) is 3.52. The van der Waals surface area contributed by atoms with E-state index in [1.807, 2.05) is 26.8 Å². The first-order chi connectivity index (χ1) is 16.6. The highest BCUT2D eigenvalue weighted by Crippen LogP contribution is 2.28. The van der Waals surface area contributed by atoms with Crippen LogP contribution in [0.15, 0.2) is 18.3 Å². The molecule has 35 heavy (non-hydrogen) atoms. The molecule has 0 spiro atoms. The van der Waals surface area contributed by atoms with Crippen LogP contribution in [0.4, 0.5) is 4.79 Å². The van der Waals surface area contributed by atoms with Crippen molar-refractivity contribution in [2.45, 2.75) is 103 Å². The molecule has 0 bridgehead atoms. The number of amides is 3. The second-order valence-electron chi connectivity index (χ2n) is 10.4. The maximum Gasteiger partial charge on any atom is 0.411 e. The van der Waals surface area contributed by atoms with Crippen molar-refractivity contribution in [1.82, 2.24) is 20.1 Å². The SMILES string of the molecule is C[C@H](C(=O)N1CCC[C@H]1C(=O)NCc1ccc(C#N)nc1)N(C(=O)OC(C)(C)C)C1CCCCC1. The number of rotatable bonds is 6. The minimum absolute atomic E-state index is 0.0451. The van der Waals surface area contributed by atoms with Crippen molar-refractivity contribution < 1.29 is 19.1 Å². The maximum atomic E-state index is 13.6. The van der Waals surface area contributed by atoms with Crippen LogP contribution in [0.5, 0.6) is 0 Å². The zero-order valence-electron chi connectivity index (χ0n) is 21.2. The average molecular weight is 484 g/mol. The van der Waals surface area contributed by atoms with E-state index in [-0.39, 0.29) is 24.4 Å².